The summed E-state index contributed by atoms with van der Waals surface area (Å²) in [6, 6.07) is 27.1. The first-order valence-electron chi connectivity index (χ1n) is 8.78. The fourth-order valence-electron chi connectivity index (χ4n) is 3.02. The molecule has 0 heterocycles. The Bertz CT molecular complexity index is 795. The van der Waals surface area contributed by atoms with Gasteiger partial charge in [-0.1, -0.05) is 0 Å². The van der Waals surface area contributed by atoms with E-state index in [-0.39, 0.29) is 0 Å². The molecule has 0 bridgehead atoms. The normalized spacial score (nSPS) is 11.0. The Morgan fingerprint density at radius 3 is 1.92 bits per heavy atom. The van der Waals surface area contributed by atoms with E-state index < -0.39 is 21.8 Å². The number of benzene rings is 3. The summed E-state index contributed by atoms with van der Waals surface area (Å²) in [5, 5.41) is 0. The van der Waals surface area contributed by atoms with Gasteiger partial charge in [0.15, 0.2) is 0 Å². The molecule has 25 heavy (non-hydrogen) atoms. The fourth-order valence-corrected chi connectivity index (χ4v) is 13.3. The maximum atomic E-state index is 5.76. The van der Waals surface area contributed by atoms with E-state index in [9.17, 15) is 0 Å². The van der Waals surface area contributed by atoms with Crippen molar-refractivity contribution in [2.24, 2.45) is 0 Å². The summed E-state index contributed by atoms with van der Waals surface area (Å²) in [7, 11) is 0. The molecule has 3 aromatic rings. The van der Waals surface area contributed by atoms with E-state index in [1.807, 2.05) is 0 Å². The minimum atomic E-state index is -2.34. The quantitative estimate of drug-likeness (QED) is 0.448. The molecule has 0 N–H and O–H groups in total. The molecule has 3 rings (SSSR count). The first-order valence-corrected chi connectivity index (χ1v) is 14.0. The third kappa shape index (κ3) is 4.57. The van der Waals surface area contributed by atoms with Crippen LogP contribution in [0.3, 0.4) is 0 Å². The number of rotatable bonds is 6. The van der Waals surface area contributed by atoms with Crippen LogP contribution in [0.1, 0.15) is 23.6 Å². The van der Waals surface area contributed by atoms with Gasteiger partial charge >= 0.3 is 160 Å². The third-order valence-electron chi connectivity index (χ3n) is 4.21. The fraction of sp³-hybridized carbons (Fsp3) is 0.217. The predicted molar refractivity (Wildman–Crippen MR) is 109 cm³/mol. The zero-order chi connectivity index (χ0) is 17.6. The van der Waals surface area contributed by atoms with Crippen LogP contribution in [0.2, 0.25) is 0 Å². The van der Waals surface area contributed by atoms with Gasteiger partial charge in [-0.15, -0.1) is 0 Å². The second kappa shape index (κ2) is 8.74. The number of hydrogen-bond acceptors (Lipinski definition) is 1. The van der Waals surface area contributed by atoms with Crippen molar-refractivity contribution in [3.63, 3.8) is 0 Å². The van der Waals surface area contributed by atoms with Gasteiger partial charge in [0.1, 0.15) is 0 Å². The van der Waals surface area contributed by atoms with Gasteiger partial charge in [-0.05, 0) is 0 Å². The predicted octanol–water partition coefficient (Wildman–Crippen LogP) is 3.36. The van der Waals surface area contributed by atoms with E-state index in [0.717, 1.165) is 6.61 Å². The summed E-state index contributed by atoms with van der Waals surface area (Å²) in [6.07, 6.45) is 0. The molecule has 0 atom stereocenters. The van der Waals surface area contributed by atoms with Crippen LogP contribution in [0.5, 0.6) is 0 Å². The topological polar surface area (TPSA) is 9.23 Å². The van der Waals surface area contributed by atoms with E-state index in [0.29, 0.717) is 6.61 Å². The maximum absolute atomic E-state index is 5.76. The van der Waals surface area contributed by atoms with Crippen LogP contribution in [0, 0.1) is 13.8 Å². The molecule has 1 nitrogen and oxygen atoms in total. The summed E-state index contributed by atoms with van der Waals surface area (Å²) in [6.45, 7) is 7.89. The van der Waals surface area contributed by atoms with Gasteiger partial charge in [0.2, 0.25) is 0 Å². The Morgan fingerprint density at radius 1 is 0.760 bits per heavy atom. The second-order valence-electron chi connectivity index (χ2n) is 6.28. The molecule has 0 radical (unpaired) electrons. The average molecular weight is 526 g/mol. The summed E-state index contributed by atoms with van der Waals surface area (Å²) in [5.41, 5.74) is 4.03. The summed E-state index contributed by atoms with van der Waals surface area (Å²) in [5.74, 6) is 0. The van der Waals surface area contributed by atoms with Crippen LogP contribution in [-0.2, 0) is 11.3 Å². The van der Waals surface area contributed by atoms with Gasteiger partial charge in [-0.2, -0.15) is 0 Å². The standard InChI is InChI=1S/C9H11O.2C7H7.Bi/c1-2-10-8-9-6-4-3-5-7-9;2*1-7-5-3-2-4-6-7;/h3-6H,2,8H2,1H3;2*2-3,5-6H,1H3;. The zero-order valence-electron chi connectivity index (χ0n) is 15.2. The average Bonchev–Trinajstić information content (AvgIpc) is 2.61. The van der Waals surface area contributed by atoms with E-state index in [2.05, 4.69) is 93.6 Å². The third-order valence-corrected chi connectivity index (χ3v) is 14.0. The Hall–Kier alpha value is -1.50. The van der Waals surface area contributed by atoms with Gasteiger partial charge in [0.05, 0.1) is 0 Å². The second-order valence-corrected chi connectivity index (χ2v) is 14.8. The van der Waals surface area contributed by atoms with Crippen LogP contribution in [0.25, 0.3) is 0 Å². The van der Waals surface area contributed by atoms with Crippen molar-refractivity contribution in [1.82, 2.24) is 0 Å². The van der Waals surface area contributed by atoms with Gasteiger partial charge < -0.3 is 0 Å². The van der Waals surface area contributed by atoms with Crippen LogP contribution < -0.4 is 9.81 Å². The Labute approximate surface area is 159 Å². The molecule has 0 aliphatic heterocycles. The van der Waals surface area contributed by atoms with Crippen LogP contribution in [0.4, 0.5) is 0 Å². The van der Waals surface area contributed by atoms with Crippen molar-refractivity contribution in [3.8, 4) is 0 Å². The van der Waals surface area contributed by atoms with Crippen molar-refractivity contribution in [3.05, 3.63) is 89.5 Å². The number of aryl methyl sites for hydroxylation is 2. The SMILES string of the molecule is CCOCc1cccc[c]1[Bi]([c]1cccc(C)c1)[c]1cccc(C)c1. The molecule has 2 heteroatoms. The molecule has 0 aromatic heterocycles. The van der Waals surface area contributed by atoms with Gasteiger partial charge in [0, 0.05) is 0 Å². The molecule has 128 valence electrons. The van der Waals surface area contributed by atoms with Crippen molar-refractivity contribution in [2.45, 2.75) is 27.4 Å². The van der Waals surface area contributed by atoms with Crippen LogP contribution in [0.15, 0.2) is 72.8 Å². The van der Waals surface area contributed by atoms with Crippen molar-refractivity contribution in [1.29, 1.82) is 0 Å². The van der Waals surface area contributed by atoms with Gasteiger partial charge in [0.25, 0.3) is 0 Å². The molecular weight excluding hydrogens is 501 g/mol. The molecule has 0 unspecified atom stereocenters. The molecule has 0 spiro atoms. The molecular formula is C23H25BiO. The molecule has 0 saturated carbocycles. The molecule has 0 aliphatic carbocycles. The molecule has 0 fully saturated rings. The first-order chi connectivity index (χ1) is 12.2. The van der Waals surface area contributed by atoms with Gasteiger partial charge in [-0.3, -0.25) is 0 Å². The molecule has 0 amide bonds. The van der Waals surface area contributed by atoms with E-state index >= 15 is 0 Å². The van der Waals surface area contributed by atoms with Crippen LogP contribution in [-0.4, -0.2) is 28.4 Å². The summed E-state index contributed by atoms with van der Waals surface area (Å²) < 4.78 is 10.4. The molecule has 0 aliphatic rings. The van der Waals surface area contributed by atoms with E-state index in [1.165, 1.54) is 26.5 Å². The minimum absolute atomic E-state index is 0.705. The molecule has 3 aromatic carbocycles. The van der Waals surface area contributed by atoms with Crippen molar-refractivity contribution >= 4 is 31.6 Å². The number of ether oxygens (including phenoxy) is 1. The van der Waals surface area contributed by atoms with Crippen LogP contribution >= 0.6 is 0 Å². The monoisotopic (exact) mass is 526 g/mol. The molecule has 0 saturated heterocycles. The Balaban J connectivity index is 2.15. The number of hydrogen-bond donors (Lipinski definition) is 0. The Kier molecular flexibility index (Phi) is 6.40. The zero-order valence-corrected chi connectivity index (χ0v) is 18.7. The van der Waals surface area contributed by atoms with E-state index in [4.69, 9.17) is 4.74 Å². The first kappa shape index (κ1) is 18.3. The van der Waals surface area contributed by atoms with Crippen molar-refractivity contribution in [2.75, 3.05) is 6.61 Å². The van der Waals surface area contributed by atoms with Crippen molar-refractivity contribution < 1.29 is 4.74 Å². The van der Waals surface area contributed by atoms with Gasteiger partial charge in [-0.25, -0.2) is 0 Å². The Morgan fingerprint density at radius 2 is 1.36 bits per heavy atom. The van der Waals surface area contributed by atoms with E-state index in [1.54, 1.807) is 0 Å². The summed E-state index contributed by atoms with van der Waals surface area (Å²) >= 11 is -2.34. The summed E-state index contributed by atoms with van der Waals surface area (Å²) in [4.78, 5) is 0.